The summed E-state index contributed by atoms with van der Waals surface area (Å²) >= 11 is 6.05. The SMILES string of the molecule is CCc1ccc(NC(=O)/C=C/c2cc3cc(Cl)cc(OC)c3o2)cc1. The van der Waals surface area contributed by atoms with E-state index in [1.165, 1.54) is 11.6 Å². The molecule has 0 atom stereocenters. The Morgan fingerprint density at radius 2 is 2.00 bits per heavy atom. The zero-order chi connectivity index (χ0) is 17.8. The van der Waals surface area contributed by atoms with Crippen LogP contribution in [0.1, 0.15) is 18.2 Å². The maximum atomic E-state index is 12.0. The Balaban J connectivity index is 1.74. The Morgan fingerprint density at radius 1 is 1.24 bits per heavy atom. The molecule has 0 aliphatic heterocycles. The Labute approximate surface area is 151 Å². The standard InChI is InChI=1S/C20H18ClNO3/c1-3-13-4-6-16(7-5-13)22-19(23)9-8-17-11-14-10-15(21)12-18(24-2)20(14)25-17/h4-12H,3H2,1-2H3,(H,22,23)/b9-8+. The van der Waals surface area contributed by atoms with Gasteiger partial charge in [0.05, 0.1) is 7.11 Å². The van der Waals surface area contributed by atoms with Gasteiger partial charge in [0.15, 0.2) is 11.3 Å². The summed E-state index contributed by atoms with van der Waals surface area (Å²) in [7, 11) is 1.56. The van der Waals surface area contributed by atoms with Gasteiger partial charge in [0, 0.05) is 28.2 Å². The molecule has 3 rings (SSSR count). The molecule has 0 aliphatic rings. The zero-order valence-corrected chi connectivity index (χ0v) is 14.8. The number of halogens is 1. The van der Waals surface area contributed by atoms with E-state index in [0.29, 0.717) is 22.1 Å². The molecule has 0 radical (unpaired) electrons. The molecule has 0 unspecified atom stereocenters. The van der Waals surface area contributed by atoms with E-state index >= 15 is 0 Å². The molecule has 0 saturated heterocycles. The number of anilines is 1. The zero-order valence-electron chi connectivity index (χ0n) is 14.0. The summed E-state index contributed by atoms with van der Waals surface area (Å²) in [6.07, 6.45) is 4.01. The third kappa shape index (κ3) is 4.03. The van der Waals surface area contributed by atoms with Crippen LogP contribution in [0.4, 0.5) is 5.69 Å². The number of furan rings is 1. The number of aryl methyl sites for hydroxylation is 1. The lowest BCUT2D eigenvalue weighted by atomic mass is 10.1. The highest BCUT2D eigenvalue weighted by atomic mass is 35.5. The fourth-order valence-corrected chi connectivity index (χ4v) is 2.72. The molecule has 0 aliphatic carbocycles. The van der Waals surface area contributed by atoms with Crippen LogP contribution in [0.3, 0.4) is 0 Å². The van der Waals surface area contributed by atoms with Crippen molar-refractivity contribution in [3.8, 4) is 5.75 Å². The van der Waals surface area contributed by atoms with Crippen molar-refractivity contribution in [3.05, 3.63) is 64.9 Å². The highest BCUT2D eigenvalue weighted by molar-refractivity contribution is 6.31. The van der Waals surface area contributed by atoms with Crippen LogP contribution in [0, 0.1) is 0 Å². The van der Waals surface area contributed by atoms with Crippen LogP contribution >= 0.6 is 11.6 Å². The van der Waals surface area contributed by atoms with Crippen LogP contribution in [0.5, 0.6) is 5.75 Å². The molecule has 4 nitrogen and oxygen atoms in total. The molecule has 5 heteroatoms. The molecular weight excluding hydrogens is 338 g/mol. The third-order valence-corrected chi connectivity index (χ3v) is 4.03. The first kappa shape index (κ1) is 17.1. The second kappa shape index (κ2) is 7.45. The third-order valence-electron chi connectivity index (χ3n) is 3.81. The van der Waals surface area contributed by atoms with E-state index < -0.39 is 0 Å². The lowest BCUT2D eigenvalue weighted by molar-refractivity contribution is -0.111. The summed E-state index contributed by atoms with van der Waals surface area (Å²) in [5.41, 5.74) is 2.58. The van der Waals surface area contributed by atoms with Gasteiger partial charge in [-0.2, -0.15) is 0 Å². The molecule has 1 aromatic heterocycles. The summed E-state index contributed by atoms with van der Waals surface area (Å²) in [6.45, 7) is 2.09. The Kier molecular flexibility index (Phi) is 5.10. The van der Waals surface area contributed by atoms with Gasteiger partial charge in [0.25, 0.3) is 0 Å². The van der Waals surface area contributed by atoms with Gasteiger partial charge in [-0.3, -0.25) is 4.79 Å². The van der Waals surface area contributed by atoms with Gasteiger partial charge in [-0.15, -0.1) is 0 Å². The molecule has 128 valence electrons. The van der Waals surface area contributed by atoms with Crippen LogP contribution in [0.25, 0.3) is 17.0 Å². The molecule has 1 heterocycles. The minimum absolute atomic E-state index is 0.227. The van der Waals surface area contributed by atoms with E-state index in [4.69, 9.17) is 20.8 Å². The maximum absolute atomic E-state index is 12.0. The minimum atomic E-state index is -0.227. The van der Waals surface area contributed by atoms with E-state index in [1.807, 2.05) is 30.3 Å². The van der Waals surface area contributed by atoms with Crippen LogP contribution in [0.15, 0.2) is 53.0 Å². The van der Waals surface area contributed by atoms with Crippen molar-refractivity contribution in [3.63, 3.8) is 0 Å². The highest BCUT2D eigenvalue weighted by Crippen LogP contribution is 2.32. The average Bonchev–Trinajstić information content (AvgIpc) is 3.02. The molecule has 0 bridgehead atoms. The summed E-state index contributed by atoms with van der Waals surface area (Å²) in [6, 6.07) is 13.0. The van der Waals surface area contributed by atoms with E-state index in [2.05, 4.69) is 12.2 Å². The van der Waals surface area contributed by atoms with Crippen molar-refractivity contribution in [1.82, 2.24) is 0 Å². The normalized spacial score (nSPS) is 11.2. The van der Waals surface area contributed by atoms with Gasteiger partial charge in [-0.05, 0) is 42.3 Å². The molecule has 3 aromatic rings. The fourth-order valence-electron chi connectivity index (χ4n) is 2.51. The number of ether oxygens (including phenoxy) is 1. The topological polar surface area (TPSA) is 51.5 Å². The smallest absolute Gasteiger partial charge is 0.248 e. The summed E-state index contributed by atoms with van der Waals surface area (Å²) < 4.78 is 11.0. The molecule has 25 heavy (non-hydrogen) atoms. The second-order valence-electron chi connectivity index (χ2n) is 5.55. The first-order valence-electron chi connectivity index (χ1n) is 7.94. The van der Waals surface area contributed by atoms with E-state index in [-0.39, 0.29) is 5.91 Å². The molecule has 0 fully saturated rings. The monoisotopic (exact) mass is 355 g/mol. The minimum Gasteiger partial charge on any atom is -0.493 e. The Bertz CT molecular complexity index is 926. The van der Waals surface area contributed by atoms with Gasteiger partial charge in [-0.1, -0.05) is 30.7 Å². The van der Waals surface area contributed by atoms with Crippen molar-refractivity contribution in [2.75, 3.05) is 12.4 Å². The van der Waals surface area contributed by atoms with E-state index in [9.17, 15) is 4.79 Å². The summed E-state index contributed by atoms with van der Waals surface area (Å²) in [5, 5.41) is 4.20. The van der Waals surface area contributed by atoms with Crippen molar-refractivity contribution in [2.45, 2.75) is 13.3 Å². The predicted octanol–water partition coefficient (Wildman–Crippen LogP) is 5.31. The van der Waals surface area contributed by atoms with Gasteiger partial charge in [0.1, 0.15) is 5.76 Å². The predicted molar refractivity (Wildman–Crippen MR) is 101 cm³/mol. The molecule has 0 spiro atoms. The van der Waals surface area contributed by atoms with Gasteiger partial charge >= 0.3 is 0 Å². The Hall–Kier alpha value is -2.72. The quantitative estimate of drug-likeness (QED) is 0.631. The van der Waals surface area contributed by atoms with Crippen molar-refractivity contribution >= 4 is 40.2 Å². The van der Waals surface area contributed by atoms with Crippen molar-refractivity contribution in [1.29, 1.82) is 0 Å². The number of methoxy groups -OCH3 is 1. The number of rotatable bonds is 5. The van der Waals surface area contributed by atoms with Crippen molar-refractivity contribution < 1.29 is 13.9 Å². The average molecular weight is 356 g/mol. The van der Waals surface area contributed by atoms with Crippen LogP contribution < -0.4 is 10.1 Å². The highest BCUT2D eigenvalue weighted by Gasteiger charge is 2.09. The largest absolute Gasteiger partial charge is 0.493 e. The number of carbonyl (C=O) groups excluding carboxylic acids is 1. The van der Waals surface area contributed by atoms with E-state index in [1.54, 1.807) is 25.3 Å². The number of fused-ring (bicyclic) bond motifs is 1. The lowest BCUT2D eigenvalue weighted by Gasteiger charge is -2.02. The van der Waals surface area contributed by atoms with Crippen LogP contribution in [-0.4, -0.2) is 13.0 Å². The second-order valence-corrected chi connectivity index (χ2v) is 5.98. The van der Waals surface area contributed by atoms with Gasteiger partial charge < -0.3 is 14.5 Å². The van der Waals surface area contributed by atoms with Crippen LogP contribution in [-0.2, 0) is 11.2 Å². The van der Waals surface area contributed by atoms with Gasteiger partial charge in [-0.25, -0.2) is 0 Å². The van der Waals surface area contributed by atoms with E-state index in [0.717, 1.165) is 17.5 Å². The molecule has 1 amide bonds. The summed E-state index contributed by atoms with van der Waals surface area (Å²) in [4.78, 5) is 12.0. The molecule has 0 saturated carbocycles. The Morgan fingerprint density at radius 3 is 2.68 bits per heavy atom. The fraction of sp³-hybridized carbons (Fsp3) is 0.150. The number of nitrogens with one attached hydrogen (secondary N) is 1. The first-order chi connectivity index (χ1) is 12.1. The summed E-state index contributed by atoms with van der Waals surface area (Å²) in [5.74, 6) is 0.879. The number of amides is 1. The maximum Gasteiger partial charge on any atom is 0.248 e. The number of hydrogen-bond acceptors (Lipinski definition) is 3. The van der Waals surface area contributed by atoms with Gasteiger partial charge in [0.2, 0.25) is 5.91 Å². The first-order valence-corrected chi connectivity index (χ1v) is 8.32. The lowest BCUT2D eigenvalue weighted by Crippen LogP contribution is -2.07. The molecule has 2 aromatic carbocycles. The molecular formula is C20H18ClNO3. The number of hydrogen-bond donors (Lipinski definition) is 1. The van der Waals surface area contributed by atoms with Crippen LogP contribution in [0.2, 0.25) is 5.02 Å². The number of carbonyl (C=O) groups is 1. The van der Waals surface area contributed by atoms with Crippen molar-refractivity contribution in [2.24, 2.45) is 0 Å². The number of benzene rings is 2. The molecule has 1 N–H and O–H groups in total.